The van der Waals surface area contributed by atoms with E-state index >= 15 is 0 Å². The van der Waals surface area contributed by atoms with Gasteiger partial charge in [-0.05, 0) is 52.0 Å². The predicted octanol–water partition coefficient (Wildman–Crippen LogP) is 3.17. The molecule has 0 saturated carbocycles. The Morgan fingerprint density at radius 1 is 0.926 bits per heavy atom. The van der Waals surface area contributed by atoms with Gasteiger partial charge in [0.15, 0.2) is 0 Å². The first-order valence-electron chi connectivity index (χ1n) is 8.89. The molecular formula is C22H23BO4. The van der Waals surface area contributed by atoms with Crippen LogP contribution in [0.15, 0.2) is 48.5 Å². The second kappa shape index (κ2) is 7.23. The van der Waals surface area contributed by atoms with Crippen LogP contribution in [0, 0.1) is 11.8 Å². The van der Waals surface area contributed by atoms with Crippen LogP contribution < -0.4 is 5.46 Å². The molecule has 4 nitrogen and oxygen atoms in total. The van der Waals surface area contributed by atoms with Gasteiger partial charge in [0.05, 0.1) is 23.9 Å². The van der Waals surface area contributed by atoms with E-state index < -0.39 is 24.3 Å². The largest absolute Gasteiger partial charge is 0.497 e. The number of carbonyl (C=O) groups excluding carboxylic acids is 1. The van der Waals surface area contributed by atoms with Crippen molar-refractivity contribution in [1.29, 1.82) is 0 Å². The van der Waals surface area contributed by atoms with Crippen molar-refractivity contribution in [2.24, 2.45) is 0 Å². The van der Waals surface area contributed by atoms with Crippen LogP contribution in [0.5, 0.6) is 0 Å². The van der Waals surface area contributed by atoms with E-state index in [4.69, 9.17) is 14.0 Å². The SMILES string of the molecule is COC(=O)c1cccc(C#Cc2ccccc2)c1B1OC(C)(C)C(C)(C)O1. The lowest BCUT2D eigenvalue weighted by Crippen LogP contribution is -2.41. The van der Waals surface area contributed by atoms with E-state index in [1.165, 1.54) is 7.11 Å². The minimum absolute atomic E-state index is 0.399. The molecule has 0 spiro atoms. The van der Waals surface area contributed by atoms with Gasteiger partial charge in [0.25, 0.3) is 0 Å². The number of carbonyl (C=O) groups is 1. The Morgan fingerprint density at radius 2 is 1.56 bits per heavy atom. The summed E-state index contributed by atoms with van der Waals surface area (Å²) >= 11 is 0. The normalized spacial score (nSPS) is 17.1. The zero-order chi connectivity index (χ0) is 19.7. The average Bonchev–Trinajstić information content (AvgIpc) is 2.87. The zero-order valence-electron chi connectivity index (χ0n) is 16.3. The second-order valence-corrected chi connectivity index (χ2v) is 7.46. The molecule has 1 aliphatic heterocycles. The fourth-order valence-electron chi connectivity index (χ4n) is 2.84. The first-order valence-corrected chi connectivity index (χ1v) is 8.89. The van der Waals surface area contributed by atoms with E-state index in [9.17, 15) is 4.79 Å². The molecule has 5 heteroatoms. The molecular weight excluding hydrogens is 339 g/mol. The Balaban J connectivity index is 2.10. The number of hydrogen-bond acceptors (Lipinski definition) is 4. The summed E-state index contributed by atoms with van der Waals surface area (Å²) in [4.78, 5) is 12.4. The summed E-state index contributed by atoms with van der Waals surface area (Å²) in [7, 11) is 0.656. The van der Waals surface area contributed by atoms with Crippen molar-refractivity contribution < 1.29 is 18.8 Å². The number of rotatable bonds is 2. The molecule has 1 heterocycles. The minimum Gasteiger partial charge on any atom is -0.465 e. The third-order valence-electron chi connectivity index (χ3n) is 5.12. The molecule has 1 fully saturated rings. The molecule has 0 unspecified atom stereocenters. The summed E-state index contributed by atoms with van der Waals surface area (Å²) in [6.45, 7) is 7.90. The molecule has 0 amide bonds. The Kier molecular flexibility index (Phi) is 5.14. The van der Waals surface area contributed by atoms with Gasteiger partial charge in [-0.3, -0.25) is 0 Å². The van der Waals surface area contributed by atoms with Crippen molar-refractivity contribution in [1.82, 2.24) is 0 Å². The van der Waals surface area contributed by atoms with Crippen LogP contribution in [0.3, 0.4) is 0 Å². The van der Waals surface area contributed by atoms with E-state index in [1.807, 2.05) is 64.1 Å². The maximum Gasteiger partial charge on any atom is 0.497 e. The highest BCUT2D eigenvalue weighted by Gasteiger charge is 2.53. The van der Waals surface area contributed by atoms with Gasteiger partial charge in [-0.25, -0.2) is 4.79 Å². The molecule has 138 valence electrons. The van der Waals surface area contributed by atoms with Gasteiger partial charge >= 0.3 is 13.1 Å². The van der Waals surface area contributed by atoms with E-state index in [-0.39, 0.29) is 0 Å². The molecule has 0 aromatic heterocycles. The lowest BCUT2D eigenvalue weighted by molar-refractivity contribution is 0.00578. The van der Waals surface area contributed by atoms with Crippen molar-refractivity contribution >= 4 is 18.6 Å². The standard InChI is InChI=1S/C22H23BO4/c1-21(2)22(3,4)27-23(26-21)19-17(12-9-13-18(19)20(24)25-5)15-14-16-10-7-6-8-11-16/h6-13H,1-5H3. The van der Waals surface area contributed by atoms with Gasteiger partial charge < -0.3 is 14.0 Å². The summed E-state index contributed by atoms with van der Waals surface area (Å²) in [5, 5.41) is 0. The van der Waals surface area contributed by atoms with Crippen molar-refractivity contribution in [2.45, 2.75) is 38.9 Å². The van der Waals surface area contributed by atoms with Crippen LogP contribution >= 0.6 is 0 Å². The first kappa shape index (κ1) is 19.2. The molecule has 27 heavy (non-hydrogen) atoms. The highest BCUT2D eigenvalue weighted by molar-refractivity contribution is 6.64. The van der Waals surface area contributed by atoms with Gasteiger partial charge in [0.1, 0.15) is 0 Å². The van der Waals surface area contributed by atoms with Gasteiger partial charge in [-0.1, -0.05) is 36.1 Å². The van der Waals surface area contributed by atoms with Crippen molar-refractivity contribution in [3.05, 3.63) is 65.2 Å². The van der Waals surface area contributed by atoms with E-state index in [2.05, 4.69) is 11.8 Å². The third kappa shape index (κ3) is 3.78. The van der Waals surface area contributed by atoms with Gasteiger partial charge in [-0.15, -0.1) is 0 Å². The fraction of sp³-hybridized carbons (Fsp3) is 0.318. The molecule has 0 aliphatic carbocycles. The lowest BCUT2D eigenvalue weighted by Gasteiger charge is -2.32. The highest BCUT2D eigenvalue weighted by Crippen LogP contribution is 2.37. The number of methoxy groups -OCH3 is 1. The van der Waals surface area contributed by atoms with Crippen molar-refractivity contribution in [2.75, 3.05) is 7.11 Å². The maximum atomic E-state index is 12.4. The van der Waals surface area contributed by atoms with Gasteiger partial charge in [0, 0.05) is 16.6 Å². The van der Waals surface area contributed by atoms with Crippen molar-refractivity contribution in [3.8, 4) is 11.8 Å². The van der Waals surface area contributed by atoms with Crippen LogP contribution in [-0.4, -0.2) is 31.4 Å². The molecule has 0 N–H and O–H groups in total. The maximum absolute atomic E-state index is 12.4. The first-order chi connectivity index (χ1) is 12.7. The van der Waals surface area contributed by atoms with Gasteiger partial charge in [-0.2, -0.15) is 0 Å². The highest BCUT2D eigenvalue weighted by atomic mass is 16.7. The summed E-state index contributed by atoms with van der Waals surface area (Å²) < 4.78 is 17.3. The second-order valence-electron chi connectivity index (χ2n) is 7.46. The summed E-state index contributed by atoms with van der Waals surface area (Å²) in [6.07, 6.45) is 0. The Bertz CT molecular complexity index is 891. The van der Waals surface area contributed by atoms with E-state index in [0.717, 1.165) is 5.56 Å². The number of benzene rings is 2. The molecule has 3 rings (SSSR count). The minimum atomic E-state index is -0.703. The number of esters is 1. The Morgan fingerprint density at radius 3 is 2.15 bits per heavy atom. The van der Waals surface area contributed by atoms with Crippen LogP contribution in [0.4, 0.5) is 0 Å². The zero-order valence-corrected chi connectivity index (χ0v) is 16.3. The molecule has 0 atom stereocenters. The van der Waals surface area contributed by atoms with Crippen LogP contribution in [-0.2, 0) is 14.0 Å². The Hall–Kier alpha value is -2.55. The predicted molar refractivity (Wildman–Crippen MR) is 106 cm³/mol. The van der Waals surface area contributed by atoms with Crippen molar-refractivity contribution in [3.63, 3.8) is 0 Å². The lowest BCUT2D eigenvalue weighted by atomic mass is 9.73. The molecule has 2 aromatic carbocycles. The number of ether oxygens (including phenoxy) is 1. The number of hydrogen-bond donors (Lipinski definition) is 0. The topological polar surface area (TPSA) is 44.8 Å². The summed E-state index contributed by atoms with van der Waals surface area (Å²) in [5.41, 5.74) is 1.53. The Labute approximate surface area is 161 Å². The summed E-state index contributed by atoms with van der Waals surface area (Å²) in [5.74, 6) is 5.86. The molecule has 1 aliphatic rings. The van der Waals surface area contributed by atoms with E-state index in [0.29, 0.717) is 16.6 Å². The van der Waals surface area contributed by atoms with Crippen LogP contribution in [0.25, 0.3) is 0 Å². The molecule has 2 aromatic rings. The monoisotopic (exact) mass is 362 g/mol. The van der Waals surface area contributed by atoms with E-state index in [1.54, 1.807) is 12.1 Å². The van der Waals surface area contributed by atoms with Crippen LogP contribution in [0.2, 0.25) is 0 Å². The fourth-order valence-corrected chi connectivity index (χ4v) is 2.84. The smallest absolute Gasteiger partial charge is 0.465 e. The summed E-state index contributed by atoms with van der Waals surface area (Å²) in [6, 6.07) is 15.0. The molecule has 1 saturated heterocycles. The quantitative estimate of drug-likeness (QED) is 0.468. The van der Waals surface area contributed by atoms with Crippen LogP contribution in [0.1, 0.15) is 49.2 Å². The molecule has 0 bridgehead atoms. The average molecular weight is 362 g/mol. The molecule has 0 radical (unpaired) electrons. The van der Waals surface area contributed by atoms with Gasteiger partial charge in [0.2, 0.25) is 0 Å². The third-order valence-corrected chi connectivity index (χ3v) is 5.12.